The minimum absolute atomic E-state index is 0.579. The van der Waals surface area contributed by atoms with E-state index in [2.05, 4.69) is 156 Å². The molecular weight excluding hydrogens is 685 g/mol. The summed E-state index contributed by atoms with van der Waals surface area (Å²) in [6.07, 6.45) is 0. The van der Waals surface area contributed by atoms with E-state index in [-0.39, 0.29) is 0 Å². The van der Waals surface area contributed by atoms with Crippen molar-refractivity contribution in [1.82, 2.24) is 19.5 Å². The molecule has 0 aliphatic carbocycles. The van der Waals surface area contributed by atoms with Crippen LogP contribution < -0.4 is 0 Å². The Morgan fingerprint density at radius 1 is 0.357 bits per heavy atom. The van der Waals surface area contributed by atoms with Crippen molar-refractivity contribution in [3.8, 4) is 39.9 Å². The number of aromatic nitrogens is 4. The second-order valence-corrected chi connectivity index (χ2v) is 14.4. The molecule has 0 fully saturated rings. The largest absolute Gasteiger partial charge is 0.456 e. The van der Waals surface area contributed by atoms with Crippen LogP contribution in [0.4, 0.5) is 0 Å². The van der Waals surface area contributed by atoms with Crippen LogP contribution in [-0.2, 0) is 0 Å². The van der Waals surface area contributed by atoms with Crippen LogP contribution in [0, 0.1) is 0 Å². The zero-order valence-electron chi connectivity index (χ0n) is 30.0. The average molecular weight is 715 g/mol. The maximum absolute atomic E-state index is 6.70. The first kappa shape index (κ1) is 30.8. The molecule has 12 rings (SSSR count). The molecule has 0 bridgehead atoms. The summed E-state index contributed by atoms with van der Waals surface area (Å²) in [7, 11) is 0. The molecule has 0 saturated carbocycles. The summed E-state index contributed by atoms with van der Waals surface area (Å²) in [5.41, 5.74) is 7.53. The third-order valence-corrected chi connectivity index (χ3v) is 11.2. The molecule has 5 nitrogen and oxygen atoms in total. The molecule has 3 aromatic heterocycles. The zero-order chi connectivity index (χ0) is 36.7. The fourth-order valence-corrected chi connectivity index (χ4v) is 8.65. The van der Waals surface area contributed by atoms with Crippen LogP contribution in [0.2, 0.25) is 0 Å². The van der Waals surface area contributed by atoms with E-state index >= 15 is 0 Å². The summed E-state index contributed by atoms with van der Waals surface area (Å²) in [4.78, 5) is 15.9. The standard InChI is InChI=1S/C51H30N4O/c1-2-14-31(15-3-1)49-52-50(42-27-34-18-6-7-19-36(34)37-20-8-9-21-38(37)42)54-51(53-49)43-29-35(30-47-48(43)40-23-11-13-25-46(40)56-47)55-44-24-12-10-22-39(44)41-26-32-16-4-5-17-33(32)28-45(41)55/h1-30H. The van der Waals surface area contributed by atoms with Gasteiger partial charge in [-0.2, -0.15) is 0 Å². The molecule has 0 aliphatic rings. The molecule has 0 unspecified atom stereocenters. The summed E-state index contributed by atoms with van der Waals surface area (Å²) < 4.78 is 9.05. The molecule has 12 aromatic rings. The fraction of sp³-hybridized carbons (Fsp3) is 0. The van der Waals surface area contributed by atoms with Gasteiger partial charge in [-0.1, -0.05) is 140 Å². The monoisotopic (exact) mass is 714 g/mol. The number of hydrogen-bond donors (Lipinski definition) is 0. The lowest BCUT2D eigenvalue weighted by molar-refractivity contribution is 0.668. The molecular formula is C51H30N4O. The van der Waals surface area contributed by atoms with Gasteiger partial charge in [0, 0.05) is 44.3 Å². The van der Waals surface area contributed by atoms with Gasteiger partial charge in [0.25, 0.3) is 0 Å². The van der Waals surface area contributed by atoms with E-state index in [9.17, 15) is 0 Å². The lowest BCUT2D eigenvalue weighted by atomic mass is 9.96. The molecule has 3 heterocycles. The lowest BCUT2D eigenvalue weighted by Crippen LogP contribution is -2.02. The first-order chi connectivity index (χ1) is 27.7. The number of para-hydroxylation sites is 2. The first-order valence-corrected chi connectivity index (χ1v) is 18.9. The highest BCUT2D eigenvalue weighted by Gasteiger charge is 2.22. The highest BCUT2D eigenvalue weighted by molar-refractivity contribution is 6.16. The van der Waals surface area contributed by atoms with Crippen molar-refractivity contribution in [2.45, 2.75) is 0 Å². The highest BCUT2D eigenvalue weighted by atomic mass is 16.3. The number of hydrogen-bond acceptors (Lipinski definition) is 4. The van der Waals surface area contributed by atoms with E-state index in [0.29, 0.717) is 17.5 Å². The fourth-order valence-electron chi connectivity index (χ4n) is 8.65. The third kappa shape index (κ3) is 4.64. The van der Waals surface area contributed by atoms with Crippen LogP contribution in [0.1, 0.15) is 0 Å². The van der Waals surface area contributed by atoms with Gasteiger partial charge in [-0.15, -0.1) is 0 Å². The Morgan fingerprint density at radius 2 is 0.964 bits per heavy atom. The average Bonchev–Trinajstić information content (AvgIpc) is 3.80. The first-order valence-electron chi connectivity index (χ1n) is 18.9. The maximum Gasteiger partial charge on any atom is 0.164 e. The maximum atomic E-state index is 6.70. The molecule has 0 aliphatic heterocycles. The van der Waals surface area contributed by atoms with Gasteiger partial charge < -0.3 is 8.98 Å². The van der Waals surface area contributed by atoms with Crippen molar-refractivity contribution < 1.29 is 4.42 Å². The molecule has 0 spiro atoms. The second-order valence-electron chi connectivity index (χ2n) is 14.4. The van der Waals surface area contributed by atoms with Crippen molar-refractivity contribution in [2.75, 3.05) is 0 Å². The summed E-state index contributed by atoms with van der Waals surface area (Å²) in [6.45, 7) is 0. The van der Waals surface area contributed by atoms with Gasteiger partial charge in [0.05, 0.1) is 16.7 Å². The Labute approximate surface area is 320 Å². The summed E-state index contributed by atoms with van der Waals surface area (Å²) in [5, 5.41) is 11.3. The molecule has 0 radical (unpaired) electrons. The van der Waals surface area contributed by atoms with Crippen LogP contribution in [0.25, 0.3) is 116 Å². The number of benzene rings is 9. The van der Waals surface area contributed by atoms with Crippen molar-refractivity contribution in [3.63, 3.8) is 0 Å². The molecule has 0 amide bonds. The number of nitrogens with zero attached hydrogens (tertiary/aromatic N) is 4. The molecule has 0 saturated heterocycles. The minimum Gasteiger partial charge on any atom is -0.456 e. The van der Waals surface area contributed by atoms with Gasteiger partial charge in [-0.3, -0.25) is 0 Å². The molecule has 0 atom stereocenters. The van der Waals surface area contributed by atoms with Crippen LogP contribution in [0.15, 0.2) is 186 Å². The quantitative estimate of drug-likeness (QED) is 0.170. The van der Waals surface area contributed by atoms with Gasteiger partial charge in [-0.25, -0.2) is 15.0 Å². The second kappa shape index (κ2) is 11.9. The van der Waals surface area contributed by atoms with Crippen LogP contribution in [-0.4, -0.2) is 19.5 Å². The van der Waals surface area contributed by atoms with Crippen molar-refractivity contribution >= 4 is 76.1 Å². The lowest BCUT2D eigenvalue weighted by Gasteiger charge is -2.14. The molecule has 9 aromatic carbocycles. The minimum atomic E-state index is 0.579. The zero-order valence-corrected chi connectivity index (χ0v) is 30.0. The smallest absolute Gasteiger partial charge is 0.164 e. The van der Waals surface area contributed by atoms with E-state index in [1.807, 2.05) is 30.3 Å². The summed E-state index contributed by atoms with van der Waals surface area (Å²) >= 11 is 0. The van der Waals surface area contributed by atoms with Gasteiger partial charge >= 0.3 is 0 Å². The third-order valence-electron chi connectivity index (χ3n) is 11.2. The Kier molecular flexibility index (Phi) is 6.56. The molecule has 56 heavy (non-hydrogen) atoms. The van der Waals surface area contributed by atoms with Crippen molar-refractivity contribution in [1.29, 1.82) is 0 Å². The summed E-state index contributed by atoms with van der Waals surface area (Å²) in [6, 6.07) is 63.9. The number of furan rings is 1. The van der Waals surface area contributed by atoms with Gasteiger partial charge in [0.15, 0.2) is 17.5 Å². The van der Waals surface area contributed by atoms with Crippen LogP contribution in [0.5, 0.6) is 0 Å². The number of rotatable bonds is 4. The normalized spacial score (nSPS) is 11.9. The SMILES string of the molecule is c1ccc(-c2nc(-c3cc4ccccc4c4ccccc34)nc(-c3cc(-n4c5ccccc5c5cc6ccccc6cc54)cc4oc5ccccc5c34)n2)cc1. The molecule has 0 N–H and O–H groups in total. The molecule has 260 valence electrons. The Balaban J connectivity index is 1.20. The van der Waals surface area contributed by atoms with Crippen LogP contribution in [0.3, 0.4) is 0 Å². The number of fused-ring (bicyclic) bond motifs is 10. The van der Waals surface area contributed by atoms with Gasteiger partial charge in [0.2, 0.25) is 0 Å². The van der Waals surface area contributed by atoms with E-state index in [1.165, 1.54) is 26.9 Å². The van der Waals surface area contributed by atoms with Crippen molar-refractivity contribution in [3.05, 3.63) is 182 Å². The highest BCUT2D eigenvalue weighted by Crippen LogP contribution is 2.42. The Hall–Kier alpha value is -7.63. The van der Waals surface area contributed by atoms with Crippen LogP contribution >= 0.6 is 0 Å². The van der Waals surface area contributed by atoms with Gasteiger partial charge in [-0.05, 0) is 68.7 Å². The topological polar surface area (TPSA) is 56.7 Å². The van der Waals surface area contributed by atoms with E-state index in [0.717, 1.165) is 71.5 Å². The van der Waals surface area contributed by atoms with E-state index in [1.54, 1.807) is 0 Å². The Morgan fingerprint density at radius 3 is 1.79 bits per heavy atom. The Bertz CT molecular complexity index is 3540. The van der Waals surface area contributed by atoms with Crippen molar-refractivity contribution in [2.24, 2.45) is 0 Å². The predicted octanol–water partition coefficient (Wildman–Crippen LogP) is 13.3. The predicted molar refractivity (Wildman–Crippen MR) is 230 cm³/mol. The van der Waals surface area contributed by atoms with Gasteiger partial charge in [0.1, 0.15) is 11.2 Å². The van der Waals surface area contributed by atoms with E-state index in [4.69, 9.17) is 19.4 Å². The molecule has 5 heteroatoms. The summed E-state index contributed by atoms with van der Waals surface area (Å²) in [5.74, 6) is 1.80. The van der Waals surface area contributed by atoms with E-state index < -0.39 is 0 Å².